The highest BCUT2D eigenvalue weighted by molar-refractivity contribution is 9.10. The summed E-state index contributed by atoms with van der Waals surface area (Å²) in [5.74, 6) is -0.173. The maximum atomic E-state index is 12.1. The van der Waals surface area contributed by atoms with Crippen LogP contribution in [-0.4, -0.2) is 23.2 Å². The SMILES string of the molecule is Nc1ccc(Br)cc1C(=O)NC1CCCC(O)C1. The van der Waals surface area contributed by atoms with Gasteiger partial charge in [-0.25, -0.2) is 0 Å². The Bertz CT molecular complexity index is 451. The molecule has 1 fully saturated rings. The Labute approximate surface area is 115 Å². The normalized spacial score (nSPS) is 23.7. The Kier molecular flexibility index (Phi) is 4.24. The molecular formula is C13H17BrN2O2. The van der Waals surface area contributed by atoms with Crippen molar-refractivity contribution in [3.63, 3.8) is 0 Å². The van der Waals surface area contributed by atoms with E-state index >= 15 is 0 Å². The number of nitrogens with two attached hydrogens (primary N) is 1. The molecule has 1 aromatic carbocycles. The van der Waals surface area contributed by atoms with E-state index in [0.717, 1.165) is 23.7 Å². The first kappa shape index (κ1) is 13.4. The van der Waals surface area contributed by atoms with E-state index in [4.69, 9.17) is 5.73 Å². The van der Waals surface area contributed by atoms with Crippen molar-refractivity contribution in [2.75, 3.05) is 5.73 Å². The van der Waals surface area contributed by atoms with Gasteiger partial charge < -0.3 is 16.2 Å². The van der Waals surface area contributed by atoms with Crippen molar-refractivity contribution in [1.29, 1.82) is 0 Å². The van der Waals surface area contributed by atoms with Gasteiger partial charge in [0.25, 0.3) is 5.91 Å². The third kappa shape index (κ3) is 3.23. The van der Waals surface area contributed by atoms with Gasteiger partial charge in [-0.3, -0.25) is 4.79 Å². The molecule has 2 atom stereocenters. The van der Waals surface area contributed by atoms with Crippen LogP contribution in [0.3, 0.4) is 0 Å². The third-order valence-electron chi connectivity index (χ3n) is 3.24. The van der Waals surface area contributed by atoms with Crippen LogP contribution in [0.2, 0.25) is 0 Å². The third-order valence-corrected chi connectivity index (χ3v) is 3.73. The highest BCUT2D eigenvalue weighted by atomic mass is 79.9. The van der Waals surface area contributed by atoms with Gasteiger partial charge in [-0.2, -0.15) is 0 Å². The zero-order valence-corrected chi connectivity index (χ0v) is 11.6. The summed E-state index contributed by atoms with van der Waals surface area (Å²) in [6, 6.07) is 5.26. The summed E-state index contributed by atoms with van der Waals surface area (Å²) in [7, 11) is 0. The van der Waals surface area contributed by atoms with Crippen LogP contribution in [0, 0.1) is 0 Å². The molecule has 2 rings (SSSR count). The lowest BCUT2D eigenvalue weighted by atomic mass is 9.93. The van der Waals surface area contributed by atoms with Crippen molar-refractivity contribution in [1.82, 2.24) is 5.32 Å². The largest absolute Gasteiger partial charge is 0.398 e. The van der Waals surface area contributed by atoms with E-state index in [-0.39, 0.29) is 18.1 Å². The number of hydrogen-bond donors (Lipinski definition) is 3. The minimum Gasteiger partial charge on any atom is -0.398 e. The van der Waals surface area contributed by atoms with Crippen LogP contribution in [0.1, 0.15) is 36.0 Å². The zero-order chi connectivity index (χ0) is 13.1. The Morgan fingerprint density at radius 1 is 1.44 bits per heavy atom. The number of halogens is 1. The van der Waals surface area contributed by atoms with E-state index in [2.05, 4.69) is 21.2 Å². The fourth-order valence-electron chi connectivity index (χ4n) is 2.28. The zero-order valence-electron chi connectivity index (χ0n) is 10.0. The van der Waals surface area contributed by atoms with Crippen LogP contribution in [0.4, 0.5) is 5.69 Å². The van der Waals surface area contributed by atoms with Crippen molar-refractivity contribution in [3.8, 4) is 0 Å². The summed E-state index contributed by atoms with van der Waals surface area (Å²) < 4.78 is 0.825. The number of benzene rings is 1. The van der Waals surface area contributed by atoms with Gasteiger partial charge in [0.05, 0.1) is 11.7 Å². The minimum absolute atomic E-state index is 0.0413. The van der Waals surface area contributed by atoms with Crippen molar-refractivity contribution < 1.29 is 9.90 Å². The van der Waals surface area contributed by atoms with Crippen LogP contribution in [0.5, 0.6) is 0 Å². The summed E-state index contributed by atoms with van der Waals surface area (Å²) >= 11 is 3.32. The summed E-state index contributed by atoms with van der Waals surface area (Å²) in [4.78, 5) is 12.1. The molecule has 0 radical (unpaired) electrons. The van der Waals surface area contributed by atoms with E-state index in [1.807, 2.05) is 0 Å². The van der Waals surface area contributed by atoms with Gasteiger partial charge in [0.1, 0.15) is 0 Å². The smallest absolute Gasteiger partial charge is 0.253 e. The molecule has 1 aliphatic carbocycles. The number of nitrogens with one attached hydrogen (secondary N) is 1. The molecule has 0 aliphatic heterocycles. The van der Waals surface area contributed by atoms with Gasteiger partial charge in [-0.15, -0.1) is 0 Å². The second-order valence-electron chi connectivity index (χ2n) is 4.72. The number of nitrogen functional groups attached to an aromatic ring is 1. The lowest BCUT2D eigenvalue weighted by Gasteiger charge is -2.26. The van der Waals surface area contributed by atoms with E-state index in [1.54, 1.807) is 18.2 Å². The highest BCUT2D eigenvalue weighted by Gasteiger charge is 2.22. The second-order valence-corrected chi connectivity index (χ2v) is 5.64. The molecule has 1 aliphatic rings. The Morgan fingerprint density at radius 3 is 2.94 bits per heavy atom. The van der Waals surface area contributed by atoms with Crippen LogP contribution in [-0.2, 0) is 0 Å². The maximum absolute atomic E-state index is 12.1. The van der Waals surface area contributed by atoms with E-state index in [1.165, 1.54) is 0 Å². The number of carbonyl (C=O) groups is 1. The first-order chi connectivity index (χ1) is 8.56. The number of rotatable bonds is 2. The van der Waals surface area contributed by atoms with Gasteiger partial charge in [-0.05, 0) is 43.9 Å². The number of carbonyl (C=O) groups excluding carboxylic acids is 1. The molecule has 0 bridgehead atoms. The lowest BCUT2D eigenvalue weighted by molar-refractivity contribution is 0.0850. The average Bonchev–Trinajstić information content (AvgIpc) is 2.32. The number of hydrogen-bond acceptors (Lipinski definition) is 3. The summed E-state index contributed by atoms with van der Waals surface area (Å²) in [5, 5.41) is 12.5. The molecule has 5 heteroatoms. The number of aliphatic hydroxyl groups is 1. The monoisotopic (exact) mass is 312 g/mol. The predicted octanol–water partition coefficient (Wildman–Crippen LogP) is 2.06. The van der Waals surface area contributed by atoms with Gasteiger partial charge in [0, 0.05) is 16.2 Å². The Morgan fingerprint density at radius 2 is 2.22 bits per heavy atom. The fourth-order valence-corrected chi connectivity index (χ4v) is 2.64. The molecule has 1 aromatic rings. The molecule has 4 nitrogen and oxygen atoms in total. The van der Waals surface area contributed by atoms with E-state index in [9.17, 15) is 9.90 Å². The topological polar surface area (TPSA) is 75.4 Å². The minimum atomic E-state index is -0.302. The van der Waals surface area contributed by atoms with Crippen molar-refractivity contribution >= 4 is 27.5 Å². The molecule has 0 heterocycles. The van der Waals surface area contributed by atoms with Crippen LogP contribution in [0.15, 0.2) is 22.7 Å². The molecule has 98 valence electrons. The first-order valence-corrected chi connectivity index (χ1v) is 6.89. The van der Waals surface area contributed by atoms with Crippen LogP contribution >= 0.6 is 15.9 Å². The first-order valence-electron chi connectivity index (χ1n) is 6.10. The quantitative estimate of drug-likeness (QED) is 0.732. The predicted molar refractivity (Wildman–Crippen MR) is 74.3 cm³/mol. The molecule has 1 saturated carbocycles. The van der Waals surface area contributed by atoms with Gasteiger partial charge in [0.15, 0.2) is 0 Å². The maximum Gasteiger partial charge on any atom is 0.253 e. The van der Waals surface area contributed by atoms with Crippen molar-refractivity contribution in [3.05, 3.63) is 28.2 Å². The summed E-state index contributed by atoms with van der Waals surface area (Å²) in [5.41, 5.74) is 6.73. The molecular weight excluding hydrogens is 296 g/mol. The number of aliphatic hydroxyl groups excluding tert-OH is 1. The van der Waals surface area contributed by atoms with E-state index < -0.39 is 0 Å². The van der Waals surface area contributed by atoms with Gasteiger partial charge in [-0.1, -0.05) is 15.9 Å². The molecule has 2 unspecified atom stereocenters. The standard InChI is InChI=1S/C13H17BrN2O2/c14-8-4-5-12(15)11(6-8)13(18)16-9-2-1-3-10(17)7-9/h4-6,9-10,17H,1-3,7,15H2,(H,16,18). The van der Waals surface area contributed by atoms with Crippen LogP contribution < -0.4 is 11.1 Å². The summed E-state index contributed by atoms with van der Waals surface area (Å²) in [6.07, 6.45) is 3.01. The number of amides is 1. The fraction of sp³-hybridized carbons (Fsp3) is 0.462. The van der Waals surface area contributed by atoms with Crippen molar-refractivity contribution in [2.45, 2.75) is 37.8 Å². The van der Waals surface area contributed by atoms with Gasteiger partial charge >= 0.3 is 0 Å². The average molecular weight is 313 g/mol. The second kappa shape index (κ2) is 5.71. The molecule has 0 saturated heterocycles. The van der Waals surface area contributed by atoms with Crippen LogP contribution in [0.25, 0.3) is 0 Å². The van der Waals surface area contributed by atoms with Gasteiger partial charge in [0.2, 0.25) is 0 Å². The molecule has 18 heavy (non-hydrogen) atoms. The lowest BCUT2D eigenvalue weighted by Crippen LogP contribution is -2.40. The molecule has 0 spiro atoms. The Hall–Kier alpha value is -1.07. The van der Waals surface area contributed by atoms with Crippen molar-refractivity contribution in [2.24, 2.45) is 0 Å². The molecule has 4 N–H and O–H groups in total. The molecule has 1 amide bonds. The number of anilines is 1. The molecule has 0 aromatic heterocycles. The summed E-state index contributed by atoms with van der Waals surface area (Å²) in [6.45, 7) is 0. The Balaban J connectivity index is 2.05. The highest BCUT2D eigenvalue weighted by Crippen LogP contribution is 2.21. The van der Waals surface area contributed by atoms with E-state index in [0.29, 0.717) is 17.7 Å².